The van der Waals surface area contributed by atoms with Gasteiger partial charge in [-0.25, -0.2) is 0 Å². The van der Waals surface area contributed by atoms with Crippen LogP contribution in [0.5, 0.6) is 0 Å². The maximum atomic E-state index is 13.2. The first-order valence-corrected chi connectivity index (χ1v) is 11.8. The smallest absolute Gasteiger partial charge is 0.258 e. The van der Waals surface area contributed by atoms with Gasteiger partial charge in [0, 0.05) is 42.0 Å². The number of hydrogen-bond donors (Lipinski definition) is 1. The van der Waals surface area contributed by atoms with Crippen molar-refractivity contribution in [3.05, 3.63) is 76.3 Å². The molecule has 1 aliphatic rings. The lowest BCUT2D eigenvalue weighted by atomic mass is 10.1. The Hall–Kier alpha value is -3.19. The van der Waals surface area contributed by atoms with Crippen LogP contribution in [-0.2, 0) is 16.1 Å². The highest BCUT2D eigenvalue weighted by molar-refractivity contribution is 9.10. The summed E-state index contributed by atoms with van der Waals surface area (Å²) in [5, 5.41) is 4.64. The summed E-state index contributed by atoms with van der Waals surface area (Å²) in [5.41, 5.74) is 2.54. The summed E-state index contributed by atoms with van der Waals surface area (Å²) in [5.74, 6) is -0.359. The molecule has 0 spiro atoms. The van der Waals surface area contributed by atoms with Gasteiger partial charge in [0.05, 0.1) is 5.69 Å². The van der Waals surface area contributed by atoms with Gasteiger partial charge in [0.15, 0.2) is 0 Å². The van der Waals surface area contributed by atoms with Crippen LogP contribution >= 0.6 is 15.9 Å². The van der Waals surface area contributed by atoms with E-state index in [-0.39, 0.29) is 24.1 Å². The number of carbonyl (C=O) groups is 3. The number of hydrogen-bond acceptors (Lipinski definition) is 3. The lowest BCUT2D eigenvalue weighted by Gasteiger charge is -2.29. The van der Waals surface area contributed by atoms with Gasteiger partial charge in [0.1, 0.15) is 6.04 Å². The topological polar surface area (TPSA) is 69.7 Å². The molecule has 0 aliphatic carbocycles. The van der Waals surface area contributed by atoms with Crippen molar-refractivity contribution in [2.24, 2.45) is 0 Å². The lowest BCUT2D eigenvalue weighted by molar-refractivity contribution is -0.140. The number of amides is 3. The molecule has 3 aromatic carbocycles. The monoisotopic (exact) mass is 507 g/mol. The van der Waals surface area contributed by atoms with Gasteiger partial charge in [0.2, 0.25) is 11.8 Å². The summed E-state index contributed by atoms with van der Waals surface area (Å²) >= 11 is 3.46. The van der Waals surface area contributed by atoms with Gasteiger partial charge in [-0.2, -0.15) is 0 Å². The zero-order chi connectivity index (χ0) is 23.5. The van der Waals surface area contributed by atoms with Crippen LogP contribution in [0.2, 0.25) is 0 Å². The molecule has 1 N–H and O–H groups in total. The minimum absolute atomic E-state index is 0.0287. The van der Waals surface area contributed by atoms with E-state index in [4.69, 9.17) is 0 Å². The Morgan fingerprint density at radius 2 is 1.82 bits per heavy atom. The summed E-state index contributed by atoms with van der Waals surface area (Å²) in [7, 11) is 1.57. The Bertz CT molecular complexity index is 1220. The molecular weight excluding hydrogens is 482 g/mol. The largest absolute Gasteiger partial charge is 0.357 e. The maximum absolute atomic E-state index is 13.2. The molecule has 0 aromatic heterocycles. The van der Waals surface area contributed by atoms with Crippen LogP contribution in [0.1, 0.15) is 35.7 Å². The highest BCUT2D eigenvalue weighted by atomic mass is 79.9. The van der Waals surface area contributed by atoms with Crippen molar-refractivity contribution in [2.45, 2.75) is 32.4 Å². The predicted molar refractivity (Wildman–Crippen MR) is 133 cm³/mol. The first-order chi connectivity index (χ1) is 15.9. The molecule has 170 valence electrons. The zero-order valence-electron chi connectivity index (χ0n) is 18.7. The van der Waals surface area contributed by atoms with Crippen molar-refractivity contribution >= 4 is 50.1 Å². The summed E-state index contributed by atoms with van der Waals surface area (Å²) in [6.07, 6.45) is 0.746. The summed E-state index contributed by atoms with van der Waals surface area (Å²) in [4.78, 5) is 41.8. The highest BCUT2D eigenvalue weighted by Gasteiger charge is 2.30. The third-order valence-corrected chi connectivity index (χ3v) is 6.57. The number of anilines is 1. The Kier molecular flexibility index (Phi) is 6.79. The van der Waals surface area contributed by atoms with E-state index in [1.807, 2.05) is 60.7 Å². The minimum atomic E-state index is -0.604. The fourth-order valence-electron chi connectivity index (χ4n) is 4.36. The summed E-state index contributed by atoms with van der Waals surface area (Å²) < 4.78 is 0.918. The summed E-state index contributed by atoms with van der Waals surface area (Å²) in [6, 6.07) is 18.7. The number of halogens is 1. The number of nitrogens with one attached hydrogen (secondary N) is 1. The molecule has 3 amide bonds. The molecule has 0 unspecified atom stereocenters. The van der Waals surface area contributed by atoms with E-state index in [1.54, 1.807) is 23.8 Å². The van der Waals surface area contributed by atoms with Crippen molar-refractivity contribution in [1.29, 1.82) is 0 Å². The van der Waals surface area contributed by atoms with Gasteiger partial charge in [-0.3, -0.25) is 14.4 Å². The minimum Gasteiger partial charge on any atom is -0.357 e. The molecule has 0 saturated heterocycles. The van der Waals surface area contributed by atoms with Crippen LogP contribution in [0.4, 0.5) is 5.69 Å². The third-order valence-electron chi connectivity index (χ3n) is 6.08. The van der Waals surface area contributed by atoms with Crippen molar-refractivity contribution < 1.29 is 14.4 Å². The second-order valence-electron chi connectivity index (χ2n) is 8.18. The van der Waals surface area contributed by atoms with Gasteiger partial charge < -0.3 is 15.1 Å². The van der Waals surface area contributed by atoms with E-state index in [2.05, 4.69) is 21.2 Å². The first-order valence-electron chi connectivity index (χ1n) is 11.0. The number of likely N-dealkylation sites (N-methyl/N-ethyl adjacent to an activating group) is 1. The van der Waals surface area contributed by atoms with Crippen LogP contribution in [-0.4, -0.2) is 42.3 Å². The van der Waals surface area contributed by atoms with Crippen LogP contribution < -0.4 is 10.2 Å². The molecule has 3 aromatic rings. The maximum Gasteiger partial charge on any atom is 0.258 e. The Labute approximate surface area is 201 Å². The molecule has 1 atom stereocenters. The normalized spacial score (nSPS) is 13.3. The summed E-state index contributed by atoms with van der Waals surface area (Å²) in [6.45, 7) is 2.51. The predicted octanol–water partition coefficient (Wildman–Crippen LogP) is 4.51. The molecule has 0 fully saturated rings. The van der Waals surface area contributed by atoms with Gasteiger partial charge >= 0.3 is 0 Å². The molecule has 0 saturated carbocycles. The number of rotatable bonds is 8. The third kappa shape index (κ3) is 4.64. The van der Waals surface area contributed by atoms with Gasteiger partial charge in [-0.1, -0.05) is 52.3 Å². The molecule has 33 heavy (non-hydrogen) atoms. The van der Waals surface area contributed by atoms with Crippen molar-refractivity contribution in [1.82, 2.24) is 10.2 Å². The highest BCUT2D eigenvalue weighted by Crippen LogP contribution is 2.37. The molecule has 0 bridgehead atoms. The van der Waals surface area contributed by atoms with Crippen molar-refractivity contribution in [2.75, 3.05) is 18.5 Å². The molecule has 6 nitrogen and oxygen atoms in total. The van der Waals surface area contributed by atoms with E-state index in [0.29, 0.717) is 25.1 Å². The molecule has 0 radical (unpaired) electrons. The molecule has 1 aliphatic heterocycles. The molecule has 4 rings (SSSR count). The zero-order valence-corrected chi connectivity index (χ0v) is 20.3. The number of carbonyl (C=O) groups excluding carboxylic acids is 3. The average Bonchev–Trinajstić information content (AvgIpc) is 3.09. The van der Waals surface area contributed by atoms with Crippen LogP contribution in [0, 0.1) is 0 Å². The van der Waals surface area contributed by atoms with Crippen LogP contribution in [0.15, 0.2) is 65.1 Å². The van der Waals surface area contributed by atoms with E-state index in [9.17, 15) is 14.4 Å². The molecule has 7 heteroatoms. The SMILES string of the molecule is CNC(=O)[C@@H](C)N(Cc1cccc(Br)c1)C(=O)CCCN1C(=O)c2cccc3cccc1c23. The van der Waals surface area contributed by atoms with Gasteiger partial charge in [0.25, 0.3) is 5.91 Å². The van der Waals surface area contributed by atoms with Gasteiger partial charge in [-0.05, 0) is 48.6 Å². The van der Waals surface area contributed by atoms with E-state index < -0.39 is 6.04 Å². The van der Waals surface area contributed by atoms with E-state index >= 15 is 0 Å². The quantitative estimate of drug-likeness (QED) is 0.487. The average molecular weight is 508 g/mol. The van der Waals surface area contributed by atoms with E-state index in [1.165, 1.54) is 0 Å². The number of nitrogens with zero attached hydrogens (tertiary/aromatic N) is 2. The molecule has 1 heterocycles. The standard InChI is InChI=1S/C26H26BrN3O3/c1-17(25(32)28-2)30(16-18-7-3-10-20(27)15-18)23(31)13-6-14-29-22-12-5-9-19-8-4-11-21(24(19)22)26(29)33/h3-5,7-12,15,17H,6,13-14,16H2,1-2H3,(H,28,32)/t17-/m1/s1. The second-order valence-corrected chi connectivity index (χ2v) is 9.10. The van der Waals surface area contributed by atoms with Crippen molar-refractivity contribution in [3.8, 4) is 0 Å². The Balaban J connectivity index is 1.46. The van der Waals surface area contributed by atoms with Crippen LogP contribution in [0.3, 0.4) is 0 Å². The Morgan fingerprint density at radius 3 is 2.55 bits per heavy atom. The first kappa shape index (κ1) is 23.0. The van der Waals surface area contributed by atoms with Crippen LogP contribution in [0.25, 0.3) is 10.8 Å². The molecular formula is C26H26BrN3O3. The fourth-order valence-corrected chi connectivity index (χ4v) is 4.80. The number of benzene rings is 3. The van der Waals surface area contributed by atoms with Gasteiger partial charge in [-0.15, -0.1) is 0 Å². The second kappa shape index (κ2) is 9.75. The van der Waals surface area contributed by atoms with Crippen molar-refractivity contribution in [3.63, 3.8) is 0 Å². The Morgan fingerprint density at radius 1 is 1.09 bits per heavy atom. The lowest BCUT2D eigenvalue weighted by Crippen LogP contribution is -2.46. The van der Waals surface area contributed by atoms with E-state index in [0.717, 1.165) is 26.5 Å². The fraction of sp³-hybridized carbons (Fsp3) is 0.269.